The van der Waals surface area contributed by atoms with E-state index in [9.17, 15) is 9.59 Å². The molecule has 0 radical (unpaired) electrons. The van der Waals surface area contributed by atoms with Crippen molar-refractivity contribution >= 4 is 17.5 Å². The topological polar surface area (TPSA) is 93.3 Å². The second-order valence-electron chi connectivity index (χ2n) is 5.86. The van der Waals surface area contributed by atoms with Crippen molar-refractivity contribution < 1.29 is 14.3 Å². The van der Waals surface area contributed by atoms with Crippen LogP contribution in [0, 0.1) is 0 Å². The second kappa shape index (κ2) is 7.13. The molecule has 7 nitrogen and oxygen atoms in total. The summed E-state index contributed by atoms with van der Waals surface area (Å²) in [4.78, 5) is 30.7. The number of carbonyl (C=O) groups is 1. The molecule has 0 aliphatic carbocycles. The van der Waals surface area contributed by atoms with E-state index in [1.54, 1.807) is 36.4 Å². The number of amides is 1. The summed E-state index contributed by atoms with van der Waals surface area (Å²) in [6.45, 7) is 0.465. The van der Waals surface area contributed by atoms with Crippen LogP contribution in [0.15, 0.2) is 53.3 Å². The van der Waals surface area contributed by atoms with Crippen LogP contribution < -0.4 is 20.5 Å². The Morgan fingerprint density at radius 2 is 1.89 bits per heavy atom. The highest BCUT2D eigenvalue weighted by atomic mass is 35.5. The zero-order chi connectivity index (χ0) is 18.8. The van der Waals surface area contributed by atoms with Crippen molar-refractivity contribution in [3.8, 4) is 22.8 Å². The minimum Gasteiger partial charge on any atom is -0.454 e. The monoisotopic (exact) mass is 383 g/mol. The van der Waals surface area contributed by atoms with Crippen LogP contribution in [0.25, 0.3) is 11.3 Å². The van der Waals surface area contributed by atoms with Crippen LogP contribution in [0.2, 0.25) is 5.02 Å². The number of nitrogens with zero attached hydrogens (tertiary/aromatic N) is 1. The Hall–Kier alpha value is -3.32. The van der Waals surface area contributed by atoms with Crippen LogP contribution in [-0.2, 0) is 6.54 Å². The Bertz CT molecular complexity index is 1060. The van der Waals surface area contributed by atoms with E-state index in [4.69, 9.17) is 21.1 Å². The molecule has 0 unspecified atom stereocenters. The van der Waals surface area contributed by atoms with Crippen LogP contribution in [-0.4, -0.2) is 22.7 Å². The molecule has 1 aliphatic heterocycles. The summed E-state index contributed by atoms with van der Waals surface area (Å²) >= 11 is 5.88. The summed E-state index contributed by atoms with van der Waals surface area (Å²) in [5, 5.41) is 3.34. The molecule has 1 amide bonds. The molecule has 0 saturated heterocycles. The van der Waals surface area contributed by atoms with Gasteiger partial charge in [-0.1, -0.05) is 29.8 Å². The van der Waals surface area contributed by atoms with E-state index in [0.717, 1.165) is 5.56 Å². The third-order valence-electron chi connectivity index (χ3n) is 4.02. The number of carbonyl (C=O) groups excluding carboxylic acids is 1. The first kappa shape index (κ1) is 17.1. The fraction of sp³-hybridized carbons (Fsp3) is 0.105. The molecule has 0 spiro atoms. The number of nitrogens with one attached hydrogen (secondary N) is 2. The Balaban J connectivity index is 1.51. The summed E-state index contributed by atoms with van der Waals surface area (Å²) in [6.07, 6.45) is 0. The summed E-state index contributed by atoms with van der Waals surface area (Å²) in [6, 6.07) is 13.8. The van der Waals surface area contributed by atoms with E-state index >= 15 is 0 Å². The van der Waals surface area contributed by atoms with Crippen LogP contribution in [0.1, 0.15) is 16.1 Å². The van der Waals surface area contributed by atoms with E-state index in [2.05, 4.69) is 15.3 Å². The average molecular weight is 384 g/mol. The number of rotatable bonds is 4. The number of fused-ring (bicyclic) bond motifs is 1. The van der Waals surface area contributed by atoms with Gasteiger partial charge in [-0.05, 0) is 35.9 Å². The minimum atomic E-state index is -0.601. The van der Waals surface area contributed by atoms with E-state index < -0.39 is 11.6 Å². The van der Waals surface area contributed by atoms with Crippen molar-refractivity contribution in [2.24, 2.45) is 0 Å². The van der Waals surface area contributed by atoms with Crippen molar-refractivity contribution in [2.45, 2.75) is 6.54 Å². The van der Waals surface area contributed by atoms with Gasteiger partial charge in [0.2, 0.25) is 6.79 Å². The van der Waals surface area contributed by atoms with E-state index in [0.29, 0.717) is 27.8 Å². The van der Waals surface area contributed by atoms with E-state index in [1.165, 1.54) is 6.07 Å². The molecule has 27 heavy (non-hydrogen) atoms. The van der Waals surface area contributed by atoms with Gasteiger partial charge in [-0.25, -0.2) is 4.79 Å². The normalized spacial score (nSPS) is 12.0. The van der Waals surface area contributed by atoms with Gasteiger partial charge >= 0.3 is 5.69 Å². The van der Waals surface area contributed by atoms with Gasteiger partial charge < -0.3 is 19.8 Å². The van der Waals surface area contributed by atoms with Crippen LogP contribution in [0.3, 0.4) is 0 Å². The largest absolute Gasteiger partial charge is 0.454 e. The molecule has 3 aromatic rings. The predicted molar refractivity (Wildman–Crippen MR) is 99.0 cm³/mol. The highest BCUT2D eigenvalue weighted by Gasteiger charge is 2.14. The van der Waals surface area contributed by atoms with Gasteiger partial charge in [-0.2, -0.15) is 4.98 Å². The summed E-state index contributed by atoms with van der Waals surface area (Å²) in [5.41, 5.74) is 1.46. The molecule has 2 N–H and O–H groups in total. The number of aromatic amines is 1. The highest BCUT2D eigenvalue weighted by Crippen LogP contribution is 2.32. The highest BCUT2D eigenvalue weighted by molar-refractivity contribution is 6.30. The lowest BCUT2D eigenvalue weighted by molar-refractivity contribution is 0.0945. The maximum Gasteiger partial charge on any atom is 0.346 e. The molecular weight excluding hydrogens is 370 g/mol. The van der Waals surface area contributed by atoms with Crippen molar-refractivity contribution in [1.82, 2.24) is 15.3 Å². The number of aromatic nitrogens is 2. The quantitative estimate of drug-likeness (QED) is 0.722. The van der Waals surface area contributed by atoms with Gasteiger partial charge in [0.1, 0.15) is 5.69 Å². The summed E-state index contributed by atoms with van der Waals surface area (Å²) in [7, 11) is 0. The van der Waals surface area contributed by atoms with Crippen LogP contribution in [0.4, 0.5) is 0 Å². The maximum absolute atomic E-state index is 12.5. The van der Waals surface area contributed by atoms with Crippen LogP contribution in [0.5, 0.6) is 11.5 Å². The lowest BCUT2D eigenvalue weighted by atomic mass is 10.1. The first-order chi connectivity index (χ1) is 13.1. The van der Waals surface area contributed by atoms with Crippen molar-refractivity contribution in [1.29, 1.82) is 0 Å². The van der Waals surface area contributed by atoms with Gasteiger partial charge in [0.05, 0.1) is 5.69 Å². The van der Waals surface area contributed by atoms with Crippen molar-refractivity contribution in [3.05, 3.63) is 75.3 Å². The Labute approximate surface area is 158 Å². The molecule has 0 saturated carbocycles. The Kier molecular flexibility index (Phi) is 4.52. The number of hydrogen-bond donors (Lipinski definition) is 2. The fourth-order valence-electron chi connectivity index (χ4n) is 2.68. The standard InChI is InChI=1S/C19H14ClN3O4/c20-13-4-2-12(3-5-13)14-8-15(23-19(25)22-14)18(24)21-9-11-1-6-16-17(7-11)27-10-26-16/h1-8H,9-10H2,(H,21,24)(H,22,23,25). The third-order valence-corrected chi connectivity index (χ3v) is 4.27. The maximum atomic E-state index is 12.5. The smallest absolute Gasteiger partial charge is 0.346 e. The van der Waals surface area contributed by atoms with Gasteiger partial charge in [-0.3, -0.25) is 4.79 Å². The zero-order valence-corrected chi connectivity index (χ0v) is 14.7. The van der Waals surface area contributed by atoms with Crippen molar-refractivity contribution in [3.63, 3.8) is 0 Å². The number of ether oxygens (including phenoxy) is 2. The van der Waals surface area contributed by atoms with Gasteiger partial charge in [0, 0.05) is 17.1 Å². The number of benzene rings is 2. The van der Waals surface area contributed by atoms with Gasteiger partial charge in [-0.15, -0.1) is 0 Å². The van der Waals surface area contributed by atoms with E-state index in [-0.39, 0.29) is 19.0 Å². The first-order valence-electron chi connectivity index (χ1n) is 8.12. The lowest BCUT2D eigenvalue weighted by Crippen LogP contribution is -2.27. The minimum absolute atomic E-state index is 0.126. The number of halogens is 1. The van der Waals surface area contributed by atoms with Crippen LogP contribution >= 0.6 is 11.6 Å². The molecule has 2 aromatic carbocycles. The molecule has 0 fully saturated rings. The average Bonchev–Trinajstić information content (AvgIpc) is 3.14. The molecular formula is C19H14ClN3O4. The summed E-state index contributed by atoms with van der Waals surface area (Å²) in [5.74, 6) is 0.905. The number of hydrogen-bond acceptors (Lipinski definition) is 5. The molecule has 1 aliphatic rings. The molecule has 0 atom stereocenters. The second-order valence-corrected chi connectivity index (χ2v) is 6.30. The molecule has 1 aromatic heterocycles. The Morgan fingerprint density at radius 1 is 1.11 bits per heavy atom. The fourth-order valence-corrected chi connectivity index (χ4v) is 2.80. The lowest BCUT2D eigenvalue weighted by Gasteiger charge is -2.07. The zero-order valence-electron chi connectivity index (χ0n) is 14.0. The Morgan fingerprint density at radius 3 is 2.70 bits per heavy atom. The van der Waals surface area contributed by atoms with Gasteiger partial charge in [0.15, 0.2) is 11.5 Å². The first-order valence-corrected chi connectivity index (χ1v) is 8.50. The van der Waals surface area contributed by atoms with Crippen molar-refractivity contribution in [2.75, 3.05) is 6.79 Å². The third kappa shape index (κ3) is 3.78. The molecule has 0 bridgehead atoms. The van der Waals surface area contributed by atoms with E-state index in [1.807, 2.05) is 6.07 Å². The molecule has 4 rings (SSSR count). The molecule has 2 heterocycles. The SMILES string of the molecule is O=C(NCc1ccc2c(c1)OCO2)c1cc(-c2ccc(Cl)cc2)nc(=O)[nH]1. The van der Waals surface area contributed by atoms with Gasteiger partial charge in [0.25, 0.3) is 5.91 Å². The number of H-pyrrole nitrogens is 1. The predicted octanol–water partition coefficient (Wildman–Crippen LogP) is 2.75. The molecule has 136 valence electrons. The molecule has 8 heteroatoms. The summed E-state index contributed by atoms with van der Waals surface area (Å²) < 4.78 is 10.6.